The van der Waals surface area contributed by atoms with E-state index in [9.17, 15) is 10.1 Å². The number of nitrogens with one attached hydrogen (secondary N) is 1. The Morgan fingerprint density at radius 2 is 1.83 bits per heavy atom. The second kappa shape index (κ2) is 10.0. The Bertz CT molecular complexity index is 936. The maximum Gasteiger partial charge on any atom is 0.239 e. The number of benzene rings is 1. The molecule has 4 rings (SSSR count). The average Bonchev–Trinajstić information content (AvgIpc) is 3.12. The fourth-order valence-corrected chi connectivity index (χ4v) is 5.43. The molecule has 6 heteroatoms. The number of nitriles is 1. The number of nitrogens with zero attached hydrogens (tertiary/aromatic N) is 3. The van der Waals surface area contributed by atoms with Crippen LogP contribution in [-0.4, -0.2) is 55.0 Å². The Labute approximate surface area is 182 Å². The van der Waals surface area contributed by atoms with Crippen LogP contribution in [0, 0.1) is 11.3 Å². The van der Waals surface area contributed by atoms with Crippen molar-refractivity contribution in [3.63, 3.8) is 0 Å². The van der Waals surface area contributed by atoms with Gasteiger partial charge in [-0.25, -0.2) is 0 Å². The lowest BCUT2D eigenvalue weighted by Crippen LogP contribution is -2.48. The maximum absolute atomic E-state index is 12.6. The number of anilines is 1. The van der Waals surface area contributed by atoms with Crippen molar-refractivity contribution in [3.05, 3.63) is 58.0 Å². The van der Waals surface area contributed by atoms with Gasteiger partial charge in [-0.15, -0.1) is 11.3 Å². The van der Waals surface area contributed by atoms with Crippen molar-refractivity contribution < 1.29 is 4.79 Å². The number of thiophene rings is 1. The van der Waals surface area contributed by atoms with Crippen molar-refractivity contribution in [3.8, 4) is 6.07 Å². The number of amides is 1. The minimum atomic E-state index is -0.0116. The average molecular weight is 421 g/mol. The lowest BCUT2D eigenvalue weighted by molar-refractivity contribution is -0.117. The number of aryl methyl sites for hydroxylation is 1. The third-order valence-corrected chi connectivity index (χ3v) is 7.05. The van der Waals surface area contributed by atoms with E-state index in [1.54, 1.807) is 11.3 Å². The van der Waals surface area contributed by atoms with Crippen LogP contribution in [0.1, 0.15) is 34.4 Å². The molecule has 30 heavy (non-hydrogen) atoms. The molecule has 156 valence electrons. The summed E-state index contributed by atoms with van der Waals surface area (Å²) in [5.41, 5.74) is 3.08. The molecule has 1 amide bonds. The van der Waals surface area contributed by atoms with E-state index in [1.165, 1.54) is 22.4 Å². The fraction of sp³-hybridized carbons (Fsp3) is 0.417. The molecule has 0 saturated carbocycles. The molecule has 0 unspecified atom stereocenters. The van der Waals surface area contributed by atoms with E-state index < -0.39 is 0 Å². The first kappa shape index (κ1) is 20.8. The Balaban J connectivity index is 1.23. The van der Waals surface area contributed by atoms with E-state index in [-0.39, 0.29) is 5.91 Å². The Morgan fingerprint density at radius 1 is 1.10 bits per heavy atom. The first-order valence-corrected chi connectivity index (χ1v) is 11.6. The zero-order valence-electron chi connectivity index (χ0n) is 17.3. The van der Waals surface area contributed by atoms with E-state index in [4.69, 9.17) is 0 Å². The van der Waals surface area contributed by atoms with Crippen molar-refractivity contribution >= 4 is 28.3 Å². The Kier molecular flexibility index (Phi) is 6.96. The molecule has 1 fully saturated rings. The van der Waals surface area contributed by atoms with Gasteiger partial charge in [-0.05, 0) is 36.8 Å². The zero-order valence-corrected chi connectivity index (χ0v) is 18.1. The Hall–Kier alpha value is -2.46. The van der Waals surface area contributed by atoms with Crippen LogP contribution in [0.3, 0.4) is 0 Å². The zero-order chi connectivity index (χ0) is 20.8. The number of hydrogen-bond donors (Lipinski definition) is 1. The summed E-state index contributed by atoms with van der Waals surface area (Å²) in [5.74, 6) is -0.0116. The van der Waals surface area contributed by atoms with Gasteiger partial charge >= 0.3 is 0 Å². The van der Waals surface area contributed by atoms with Gasteiger partial charge in [0.2, 0.25) is 5.91 Å². The minimum Gasteiger partial charge on any atom is -0.315 e. The van der Waals surface area contributed by atoms with Gasteiger partial charge in [0, 0.05) is 37.6 Å². The molecule has 1 aliphatic heterocycles. The van der Waals surface area contributed by atoms with Crippen LogP contribution in [0.5, 0.6) is 0 Å². The van der Waals surface area contributed by atoms with E-state index in [0.29, 0.717) is 12.1 Å². The molecule has 1 aromatic heterocycles. The highest BCUT2D eigenvalue weighted by molar-refractivity contribution is 7.16. The number of hydrogen-bond acceptors (Lipinski definition) is 5. The first-order valence-electron chi connectivity index (χ1n) is 10.7. The van der Waals surface area contributed by atoms with Crippen LogP contribution in [0.2, 0.25) is 0 Å². The molecule has 0 radical (unpaired) electrons. The monoisotopic (exact) mass is 420 g/mol. The van der Waals surface area contributed by atoms with Crippen LogP contribution < -0.4 is 5.32 Å². The number of piperazine rings is 1. The summed E-state index contributed by atoms with van der Waals surface area (Å²) in [6.07, 6.45) is 8.68. The van der Waals surface area contributed by atoms with E-state index >= 15 is 0 Å². The molecule has 5 nitrogen and oxygen atoms in total. The van der Waals surface area contributed by atoms with Gasteiger partial charge in [0.25, 0.3) is 0 Å². The van der Waals surface area contributed by atoms with Crippen LogP contribution in [0.15, 0.2) is 36.4 Å². The highest BCUT2D eigenvalue weighted by atomic mass is 32.1. The van der Waals surface area contributed by atoms with Crippen molar-refractivity contribution in [2.45, 2.75) is 25.7 Å². The molecule has 0 atom stereocenters. The third kappa shape index (κ3) is 5.17. The molecule has 0 spiro atoms. The van der Waals surface area contributed by atoms with Crippen LogP contribution >= 0.6 is 11.3 Å². The highest BCUT2D eigenvalue weighted by Gasteiger charge is 2.23. The number of fused-ring (bicyclic) bond motifs is 1. The summed E-state index contributed by atoms with van der Waals surface area (Å²) in [6, 6.07) is 12.7. The molecule has 2 aliphatic rings. The van der Waals surface area contributed by atoms with Crippen molar-refractivity contribution in [2.24, 2.45) is 0 Å². The second-order valence-corrected chi connectivity index (χ2v) is 9.07. The Morgan fingerprint density at radius 3 is 2.60 bits per heavy atom. The largest absolute Gasteiger partial charge is 0.315 e. The first-order chi connectivity index (χ1) is 14.7. The normalized spacial score (nSPS) is 17.6. The van der Waals surface area contributed by atoms with Crippen molar-refractivity contribution in [1.82, 2.24) is 9.80 Å². The quantitative estimate of drug-likeness (QED) is 0.773. The van der Waals surface area contributed by atoms with Gasteiger partial charge in [-0.1, -0.05) is 42.5 Å². The predicted molar refractivity (Wildman–Crippen MR) is 123 cm³/mol. The van der Waals surface area contributed by atoms with Crippen LogP contribution in [0.4, 0.5) is 5.00 Å². The lowest BCUT2D eigenvalue weighted by Gasteiger charge is -2.33. The maximum atomic E-state index is 12.6. The topological polar surface area (TPSA) is 59.4 Å². The molecular weight excluding hydrogens is 392 g/mol. The van der Waals surface area contributed by atoms with Crippen molar-refractivity contribution in [1.29, 1.82) is 5.26 Å². The molecule has 1 N–H and O–H groups in total. The SMILES string of the molecule is N#Cc1c(NC(=O)CN2CCN(C/C=C/c3ccccc3)CC2)sc2c1CCCC2. The van der Waals surface area contributed by atoms with Crippen LogP contribution in [-0.2, 0) is 17.6 Å². The summed E-state index contributed by atoms with van der Waals surface area (Å²) in [7, 11) is 0. The number of carbonyl (C=O) groups excluding carboxylic acids is 1. The van der Waals surface area contributed by atoms with E-state index in [0.717, 1.165) is 57.0 Å². The van der Waals surface area contributed by atoms with Crippen LogP contribution in [0.25, 0.3) is 6.08 Å². The molecule has 1 aromatic carbocycles. The molecular formula is C24H28N4OS. The van der Waals surface area contributed by atoms with Gasteiger partial charge in [0.1, 0.15) is 11.1 Å². The smallest absolute Gasteiger partial charge is 0.239 e. The summed E-state index contributed by atoms with van der Waals surface area (Å²) in [4.78, 5) is 18.5. The van der Waals surface area contributed by atoms with Gasteiger partial charge in [0.05, 0.1) is 12.1 Å². The third-order valence-electron chi connectivity index (χ3n) is 5.84. The van der Waals surface area contributed by atoms with Gasteiger partial charge in [-0.2, -0.15) is 5.26 Å². The van der Waals surface area contributed by atoms with Gasteiger partial charge in [-0.3, -0.25) is 14.6 Å². The fourth-order valence-electron chi connectivity index (χ4n) is 4.17. The molecule has 2 aromatic rings. The number of rotatable bonds is 6. The molecule has 0 bridgehead atoms. The van der Waals surface area contributed by atoms with Gasteiger partial charge in [0.15, 0.2) is 0 Å². The summed E-state index contributed by atoms with van der Waals surface area (Å²) in [6.45, 7) is 5.02. The lowest BCUT2D eigenvalue weighted by atomic mass is 9.96. The highest BCUT2D eigenvalue weighted by Crippen LogP contribution is 2.37. The van der Waals surface area contributed by atoms with Crippen molar-refractivity contribution in [2.75, 3.05) is 44.6 Å². The van der Waals surface area contributed by atoms with E-state index in [1.807, 2.05) is 6.07 Å². The summed E-state index contributed by atoms with van der Waals surface area (Å²) in [5, 5.41) is 13.3. The molecule has 2 heterocycles. The van der Waals surface area contributed by atoms with E-state index in [2.05, 4.69) is 57.6 Å². The predicted octanol–water partition coefficient (Wildman–Crippen LogP) is 3.77. The summed E-state index contributed by atoms with van der Waals surface area (Å²) < 4.78 is 0. The standard InChI is InChI=1S/C24H28N4OS/c25-17-21-20-10-4-5-11-22(20)30-24(21)26-23(29)18-28-15-13-27(14-16-28)12-6-9-19-7-2-1-3-8-19/h1-3,6-9H,4-5,10-16,18H2,(H,26,29)/b9-6+. The number of carbonyl (C=O) groups is 1. The summed E-state index contributed by atoms with van der Waals surface area (Å²) >= 11 is 1.60. The minimum absolute atomic E-state index is 0.0116. The molecule has 1 saturated heterocycles. The molecule has 1 aliphatic carbocycles. The second-order valence-electron chi connectivity index (χ2n) is 7.96. The van der Waals surface area contributed by atoms with Gasteiger partial charge < -0.3 is 5.32 Å².